The molecule has 2 heterocycles. The van der Waals surface area contributed by atoms with E-state index in [0.717, 1.165) is 44.1 Å². The van der Waals surface area contributed by atoms with E-state index in [1.807, 2.05) is 6.08 Å². The summed E-state index contributed by atoms with van der Waals surface area (Å²) in [5.41, 5.74) is -0.110. The summed E-state index contributed by atoms with van der Waals surface area (Å²) in [5.74, 6) is 0.0472. The molecule has 2 saturated heterocycles. The second-order valence-corrected chi connectivity index (χ2v) is 15.1. The summed E-state index contributed by atoms with van der Waals surface area (Å²) in [4.78, 5) is 0. The fourth-order valence-electron chi connectivity index (χ4n) is 10.7. The van der Waals surface area contributed by atoms with Crippen LogP contribution in [0.2, 0.25) is 0 Å². The zero-order valence-electron chi connectivity index (χ0n) is 24.4. The molecule has 37 heavy (non-hydrogen) atoms. The normalized spacial score (nSPS) is 50.7. The second-order valence-electron chi connectivity index (χ2n) is 15.1. The van der Waals surface area contributed by atoms with E-state index in [9.17, 15) is 20.4 Å². The van der Waals surface area contributed by atoms with Gasteiger partial charge in [0.2, 0.25) is 0 Å². The first kappa shape index (κ1) is 28.0. The number of methoxy groups -OCH3 is 1. The molecule has 6 nitrogen and oxygen atoms in total. The van der Waals surface area contributed by atoms with Crippen LogP contribution >= 0.6 is 0 Å². The van der Waals surface area contributed by atoms with Crippen molar-refractivity contribution in [1.29, 1.82) is 0 Å². The summed E-state index contributed by atoms with van der Waals surface area (Å²) in [6, 6.07) is 0. The number of rotatable bonds is 5. The molecule has 6 rings (SSSR count). The third-order valence-electron chi connectivity index (χ3n) is 13.4. The summed E-state index contributed by atoms with van der Waals surface area (Å²) in [7, 11) is 1.55. The van der Waals surface area contributed by atoms with Crippen molar-refractivity contribution in [2.24, 2.45) is 45.3 Å². The molecule has 11 atom stereocenters. The van der Waals surface area contributed by atoms with Gasteiger partial charge in [-0.1, -0.05) is 39.3 Å². The van der Waals surface area contributed by atoms with Crippen molar-refractivity contribution in [3.63, 3.8) is 0 Å². The van der Waals surface area contributed by atoms with Gasteiger partial charge < -0.3 is 29.9 Å². The molecule has 6 fully saturated rings. The fraction of sp³-hybridized carbons (Fsp3) is 0.935. The summed E-state index contributed by atoms with van der Waals surface area (Å²) in [5, 5.41) is 44.9. The Balaban J connectivity index is 1.46. The lowest BCUT2D eigenvalue weighted by atomic mass is 9.33. The van der Waals surface area contributed by atoms with Crippen molar-refractivity contribution in [2.45, 2.75) is 123 Å². The van der Waals surface area contributed by atoms with E-state index >= 15 is 0 Å². The molecule has 0 aromatic heterocycles. The predicted molar refractivity (Wildman–Crippen MR) is 142 cm³/mol. The van der Waals surface area contributed by atoms with Crippen LogP contribution in [0.3, 0.4) is 0 Å². The standard InChI is InChI=1S/C31H52O6/c1-18(15-22(33)25(34)27(4,5)36-8)19-9-11-28(6)20(19)16-21(32)24-29(28,7)12-10-23-26(2,3)31(35)14-13-30(23,24)17-37-31/h15,19-25,32-35H,9-14,16-17H2,1-8H3/b18-15+/t19-,20-,21-,22+,23+,24+,25?,28-,29-,30-,31+/m1/s1. The van der Waals surface area contributed by atoms with Crippen LogP contribution in [0.4, 0.5) is 0 Å². The Morgan fingerprint density at radius 3 is 2.27 bits per heavy atom. The van der Waals surface area contributed by atoms with Crippen LogP contribution in [0, 0.1) is 45.3 Å². The molecule has 2 aliphatic heterocycles. The quantitative estimate of drug-likeness (QED) is 0.400. The smallest absolute Gasteiger partial charge is 0.170 e. The predicted octanol–water partition coefficient (Wildman–Crippen LogP) is 4.43. The Hall–Kier alpha value is -0.500. The Kier molecular flexibility index (Phi) is 6.44. The van der Waals surface area contributed by atoms with Gasteiger partial charge in [-0.3, -0.25) is 0 Å². The molecular weight excluding hydrogens is 468 g/mol. The van der Waals surface area contributed by atoms with E-state index in [2.05, 4.69) is 34.6 Å². The van der Waals surface area contributed by atoms with Gasteiger partial charge in [-0.05, 0) is 93.8 Å². The van der Waals surface area contributed by atoms with Crippen LogP contribution < -0.4 is 0 Å². The van der Waals surface area contributed by atoms with Crippen molar-refractivity contribution in [1.82, 2.24) is 0 Å². The Morgan fingerprint density at radius 2 is 1.68 bits per heavy atom. The maximum absolute atomic E-state index is 12.0. The number of aliphatic hydroxyl groups is 4. The van der Waals surface area contributed by atoms with E-state index in [0.29, 0.717) is 24.9 Å². The highest BCUT2D eigenvalue weighted by Gasteiger charge is 2.75. The summed E-state index contributed by atoms with van der Waals surface area (Å²) >= 11 is 0. The van der Waals surface area contributed by atoms with Crippen LogP contribution in [0.15, 0.2) is 11.6 Å². The van der Waals surface area contributed by atoms with Gasteiger partial charge in [-0.15, -0.1) is 0 Å². The van der Waals surface area contributed by atoms with Crippen molar-refractivity contribution in [3.8, 4) is 0 Å². The number of fused-ring (bicyclic) bond motifs is 5. The summed E-state index contributed by atoms with van der Waals surface area (Å²) < 4.78 is 11.7. The minimum atomic E-state index is -1.05. The lowest BCUT2D eigenvalue weighted by molar-refractivity contribution is -0.404. The highest BCUT2D eigenvalue weighted by atomic mass is 16.6. The molecular formula is C31H52O6. The number of allylic oxidation sites excluding steroid dienone is 1. The average Bonchev–Trinajstić information content (AvgIpc) is 3.17. The van der Waals surface area contributed by atoms with Crippen molar-refractivity contribution in [3.05, 3.63) is 11.6 Å². The maximum atomic E-state index is 12.0. The van der Waals surface area contributed by atoms with Crippen LogP contribution in [0.25, 0.3) is 0 Å². The van der Waals surface area contributed by atoms with E-state index < -0.39 is 29.7 Å². The third-order valence-corrected chi connectivity index (χ3v) is 13.4. The fourth-order valence-corrected chi connectivity index (χ4v) is 10.7. The van der Waals surface area contributed by atoms with Crippen molar-refractivity contribution < 1.29 is 29.9 Å². The minimum absolute atomic E-state index is 0.0245. The van der Waals surface area contributed by atoms with Crippen LogP contribution in [-0.4, -0.2) is 63.8 Å². The first-order chi connectivity index (χ1) is 17.0. The molecule has 4 saturated carbocycles. The van der Waals surface area contributed by atoms with E-state index in [1.165, 1.54) is 0 Å². The lowest BCUT2D eigenvalue weighted by Gasteiger charge is -2.74. The molecule has 6 heteroatoms. The monoisotopic (exact) mass is 520 g/mol. The number of hydrogen-bond donors (Lipinski definition) is 4. The van der Waals surface area contributed by atoms with Gasteiger partial charge in [-0.2, -0.15) is 0 Å². The molecule has 0 aromatic rings. The third kappa shape index (κ3) is 3.51. The molecule has 4 aliphatic carbocycles. The summed E-state index contributed by atoms with van der Waals surface area (Å²) in [6.45, 7) is 15.5. The largest absolute Gasteiger partial charge is 0.393 e. The molecule has 0 amide bonds. The highest BCUT2D eigenvalue weighted by molar-refractivity contribution is 5.25. The van der Waals surface area contributed by atoms with Gasteiger partial charge >= 0.3 is 0 Å². The molecule has 2 bridgehead atoms. The summed E-state index contributed by atoms with van der Waals surface area (Å²) in [6.07, 6.45) is 6.00. The van der Waals surface area contributed by atoms with E-state index in [4.69, 9.17) is 9.47 Å². The van der Waals surface area contributed by atoms with Gasteiger partial charge in [0, 0.05) is 24.4 Å². The first-order valence-electron chi connectivity index (χ1n) is 14.6. The first-order valence-corrected chi connectivity index (χ1v) is 14.6. The van der Waals surface area contributed by atoms with Gasteiger partial charge in [-0.25, -0.2) is 0 Å². The number of ether oxygens (including phenoxy) is 2. The second kappa shape index (κ2) is 8.50. The topological polar surface area (TPSA) is 99.4 Å². The van der Waals surface area contributed by atoms with Gasteiger partial charge in [0.05, 0.1) is 18.3 Å². The van der Waals surface area contributed by atoms with Gasteiger partial charge in [0.1, 0.15) is 12.2 Å². The SMILES string of the molecule is COC(C)(C)C(O)[C@@H](O)/C=C(\C)[C@H]1CC[C@]2(C)[C@@H]1C[C@@H](O)[C@@H]1[C@]34CC[C@](O)(OC3)C(C)(C)[C@@H]4CC[C@]12C. The number of aliphatic hydroxyl groups excluding tert-OH is 3. The van der Waals surface area contributed by atoms with Crippen LogP contribution in [0.5, 0.6) is 0 Å². The zero-order valence-corrected chi connectivity index (χ0v) is 24.4. The van der Waals surface area contributed by atoms with Gasteiger partial charge in [0.15, 0.2) is 5.79 Å². The molecule has 6 aliphatic rings. The van der Waals surface area contributed by atoms with E-state index in [-0.39, 0.29) is 33.5 Å². The highest BCUT2D eigenvalue weighted by Crippen LogP contribution is 2.77. The molecule has 212 valence electrons. The average molecular weight is 521 g/mol. The van der Waals surface area contributed by atoms with E-state index in [1.54, 1.807) is 21.0 Å². The minimum Gasteiger partial charge on any atom is -0.393 e. The Bertz CT molecular complexity index is 932. The lowest BCUT2D eigenvalue weighted by Crippen LogP contribution is -2.75. The maximum Gasteiger partial charge on any atom is 0.170 e. The Morgan fingerprint density at radius 1 is 1.03 bits per heavy atom. The molecule has 1 unspecified atom stereocenters. The van der Waals surface area contributed by atoms with Gasteiger partial charge in [0.25, 0.3) is 0 Å². The molecule has 4 N–H and O–H groups in total. The molecule has 0 radical (unpaired) electrons. The Labute approximate surface area is 223 Å². The van der Waals surface area contributed by atoms with Crippen LogP contribution in [0.1, 0.15) is 93.4 Å². The van der Waals surface area contributed by atoms with Crippen molar-refractivity contribution in [2.75, 3.05) is 13.7 Å². The molecule has 1 spiro atoms. The van der Waals surface area contributed by atoms with Crippen LogP contribution in [-0.2, 0) is 9.47 Å². The number of hydrogen-bond acceptors (Lipinski definition) is 6. The molecule has 0 aromatic carbocycles. The van der Waals surface area contributed by atoms with Crippen molar-refractivity contribution >= 4 is 0 Å². The zero-order chi connectivity index (χ0) is 27.4.